The average molecular weight is 294 g/mol. The molecule has 0 radical (unpaired) electrons. The van der Waals surface area contributed by atoms with Gasteiger partial charge in [-0.2, -0.15) is 0 Å². The van der Waals surface area contributed by atoms with Crippen LogP contribution in [0.1, 0.15) is 12.5 Å². The maximum Gasteiger partial charge on any atom is 0.173 e. The van der Waals surface area contributed by atoms with Crippen LogP contribution in [-0.2, 0) is 0 Å². The maximum absolute atomic E-state index is 9.05. The van der Waals surface area contributed by atoms with Gasteiger partial charge in [-0.25, -0.2) is 0 Å². The lowest BCUT2D eigenvalue weighted by atomic mass is 10.1. The Morgan fingerprint density at radius 3 is 2.80 bits per heavy atom. The Morgan fingerprint density at radius 1 is 1.45 bits per heavy atom. The highest BCUT2D eigenvalue weighted by Gasteiger charge is 2.24. The van der Waals surface area contributed by atoms with Crippen LogP contribution in [-0.4, -0.2) is 54.9 Å². The molecule has 0 bridgehead atoms. The van der Waals surface area contributed by atoms with Gasteiger partial charge in [-0.15, -0.1) is 11.8 Å². The normalized spacial score (nSPS) is 21.2. The van der Waals surface area contributed by atoms with Crippen molar-refractivity contribution in [3.63, 3.8) is 0 Å². The highest BCUT2D eigenvalue weighted by Crippen LogP contribution is 2.30. The van der Waals surface area contributed by atoms with Crippen molar-refractivity contribution >= 4 is 23.3 Å². The van der Waals surface area contributed by atoms with E-state index in [1.165, 1.54) is 0 Å². The smallest absolute Gasteiger partial charge is 0.173 e. The molecule has 110 valence electrons. The number of hydrogen-bond acceptors (Lipinski definition) is 5. The standard InChI is InChI=1S/C14H22N4OS/c1-10-9-18(8-7-17(10)2)11-5-4-6-12(20-3)13(11)14(15)16-19/h4-6,10,19H,7-9H2,1-3H3,(H2,15,16). The summed E-state index contributed by atoms with van der Waals surface area (Å²) in [6.45, 7) is 5.12. The molecule has 0 aliphatic carbocycles. The molecule has 20 heavy (non-hydrogen) atoms. The minimum atomic E-state index is 0.177. The van der Waals surface area contributed by atoms with Gasteiger partial charge < -0.3 is 20.7 Å². The first-order valence-corrected chi connectivity index (χ1v) is 7.91. The first-order chi connectivity index (χ1) is 9.58. The summed E-state index contributed by atoms with van der Waals surface area (Å²) in [5.41, 5.74) is 7.77. The van der Waals surface area contributed by atoms with Crippen molar-refractivity contribution in [3.8, 4) is 0 Å². The number of piperazine rings is 1. The number of amidine groups is 1. The molecular formula is C14H22N4OS. The third kappa shape index (κ3) is 2.86. The number of rotatable bonds is 3. The third-order valence-electron chi connectivity index (χ3n) is 3.89. The molecule has 6 heteroatoms. The number of oxime groups is 1. The first-order valence-electron chi connectivity index (χ1n) is 6.68. The van der Waals surface area contributed by atoms with E-state index < -0.39 is 0 Å². The Hall–Kier alpha value is -1.40. The number of hydrogen-bond donors (Lipinski definition) is 2. The zero-order valence-electron chi connectivity index (χ0n) is 12.2. The van der Waals surface area contributed by atoms with Crippen LogP contribution in [0.4, 0.5) is 5.69 Å². The SMILES string of the molecule is CSc1cccc(N2CCN(C)C(C)C2)c1/C(N)=N/O. The van der Waals surface area contributed by atoms with Gasteiger partial charge >= 0.3 is 0 Å². The minimum Gasteiger partial charge on any atom is -0.409 e. The van der Waals surface area contributed by atoms with Crippen molar-refractivity contribution in [2.75, 3.05) is 37.8 Å². The molecule has 1 aliphatic rings. The Balaban J connectivity index is 2.41. The summed E-state index contributed by atoms with van der Waals surface area (Å²) in [7, 11) is 2.14. The number of likely N-dealkylation sites (N-methyl/N-ethyl adjacent to an activating group) is 1. The van der Waals surface area contributed by atoms with E-state index in [1.54, 1.807) is 11.8 Å². The maximum atomic E-state index is 9.05. The summed E-state index contributed by atoms with van der Waals surface area (Å²) in [6, 6.07) is 6.56. The van der Waals surface area contributed by atoms with E-state index in [0.29, 0.717) is 6.04 Å². The number of anilines is 1. The van der Waals surface area contributed by atoms with Gasteiger partial charge in [0.15, 0.2) is 5.84 Å². The molecule has 5 nitrogen and oxygen atoms in total. The molecule has 3 N–H and O–H groups in total. The molecular weight excluding hydrogens is 272 g/mol. The lowest BCUT2D eigenvalue weighted by Gasteiger charge is -2.39. The summed E-state index contributed by atoms with van der Waals surface area (Å²) in [5, 5.41) is 12.3. The van der Waals surface area contributed by atoms with E-state index in [1.807, 2.05) is 24.5 Å². The lowest BCUT2D eigenvalue weighted by Crippen LogP contribution is -2.50. The van der Waals surface area contributed by atoms with Crippen molar-refractivity contribution in [1.82, 2.24) is 4.90 Å². The van der Waals surface area contributed by atoms with Crippen LogP contribution in [0.25, 0.3) is 0 Å². The zero-order chi connectivity index (χ0) is 14.7. The minimum absolute atomic E-state index is 0.177. The van der Waals surface area contributed by atoms with E-state index in [2.05, 4.69) is 28.9 Å². The highest BCUT2D eigenvalue weighted by molar-refractivity contribution is 7.98. The van der Waals surface area contributed by atoms with Crippen molar-refractivity contribution in [2.45, 2.75) is 17.9 Å². The van der Waals surface area contributed by atoms with Crippen molar-refractivity contribution in [1.29, 1.82) is 0 Å². The van der Waals surface area contributed by atoms with Crippen LogP contribution in [0, 0.1) is 0 Å². The number of thioether (sulfide) groups is 1. The number of nitrogens with two attached hydrogens (primary N) is 1. The summed E-state index contributed by atoms with van der Waals surface area (Å²) >= 11 is 1.61. The summed E-state index contributed by atoms with van der Waals surface area (Å²) in [6.07, 6.45) is 2.00. The van der Waals surface area contributed by atoms with Crippen LogP contribution in [0.5, 0.6) is 0 Å². The molecule has 1 aromatic carbocycles. The third-order valence-corrected chi connectivity index (χ3v) is 4.67. The lowest BCUT2D eigenvalue weighted by molar-refractivity contribution is 0.234. The fraction of sp³-hybridized carbons (Fsp3) is 0.500. The topological polar surface area (TPSA) is 65.1 Å². The monoisotopic (exact) mass is 294 g/mol. The second-order valence-electron chi connectivity index (χ2n) is 5.12. The van der Waals surface area contributed by atoms with Gasteiger partial charge in [0.2, 0.25) is 0 Å². The summed E-state index contributed by atoms with van der Waals surface area (Å²) in [4.78, 5) is 5.69. The predicted molar refractivity (Wildman–Crippen MR) is 85.0 cm³/mol. The van der Waals surface area contributed by atoms with Gasteiger partial charge in [-0.1, -0.05) is 11.2 Å². The Labute approximate surface area is 124 Å². The average Bonchev–Trinajstić information content (AvgIpc) is 2.48. The molecule has 1 aliphatic heterocycles. The van der Waals surface area contributed by atoms with Gasteiger partial charge in [0.05, 0.1) is 5.56 Å². The molecule has 1 atom stereocenters. The second kappa shape index (κ2) is 6.37. The molecule has 1 unspecified atom stereocenters. The summed E-state index contributed by atoms with van der Waals surface area (Å²) < 4.78 is 0. The van der Waals surface area contributed by atoms with Crippen molar-refractivity contribution in [2.24, 2.45) is 10.9 Å². The van der Waals surface area contributed by atoms with Crippen molar-refractivity contribution < 1.29 is 5.21 Å². The van der Waals surface area contributed by atoms with Gasteiger partial charge in [-0.05, 0) is 32.4 Å². The van der Waals surface area contributed by atoms with Gasteiger partial charge in [-0.3, -0.25) is 0 Å². The Morgan fingerprint density at radius 2 is 2.20 bits per heavy atom. The molecule has 0 saturated carbocycles. The van der Waals surface area contributed by atoms with E-state index in [-0.39, 0.29) is 5.84 Å². The van der Waals surface area contributed by atoms with E-state index in [9.17, 15) is 0 Å². The molecule has 0 aromatic heterocycles. The highest BCUT2D eigenvalue weighted by atomic mass is 32.2. The van der Waals surface area contributed by atoms with Gasteiger partial charge in [0.25, 0.3) is 0 Å². The summed E-state index contributed by atoms with van der Waals surface area (Å²) in [5.74, 6) is 0.177. The molecule has 0 spiro atoms. The van der Waals surface area contributed by atoms with Gasteiger partial charge in [0.1, 0.15) is 0 Å². The van der Waals surface area contributed by atoms with Crippen LogP contribution in [0.3, 0.4) is 0 Å². The molecule has 0 amide bonds. The number of benzene rings is 1. The fourth-order valence-corrected chi connectivity index (χ4v) is 3.16. The number of nitrogens with zero attached hydrogens (tertiary/aromatic N) is 3. The van der Waals surface area contributed by atoms with E-state index in [0.717, 1.165) is 35.8 Å². The molecule has 1 saturated heterocycles. The van der Waals surface area contributed by atoms with E-state index >= 15 is 0 Å². The van der Waals surface area contributed by atoms with Crippen molar-refractivity contribution in [3.05, 3.63) is 23.8 Å². The Kier molecular flexibility index (Phi) is 4.77. The largest absolute Gasteiger partial charge is 0.409 e. The zero-order valence-corrected chi connectivity index (χ0v) is 13.0. The second-order valence-corrected chi connectivity index (χ2v) is 5.96. The Bertz CT molecular complexity index is 506. The predicted octanol–water partition coefficient (Wildman–Crippen LogP) is 1.64. The molecule has 1 aromatic rings. The van der Waals surface area contributed by atoms with E-state index in [4.69, 9.17) is 10.9 Å². The van der Waals surface area contributed by atoms with Crippen LogP contribution < -0.4 is 10.6 Å². The first kappa shape index (κ1) is 15.0. The quantitative estimate of drug-likeness (QED) is 0.292. The molecule has 1 heterocycles. The fourth-order valence-electron chi connectivity index (χ4n) is 2.53. The molecule has 2 rings (SSSR count). The van der Waals surface area contributed by atoms with Gasteiger partial charge in [0, 0.05) is 36.3 Å². The van der Waals surface area contributed by atoms with Crippen LogP contribution >= 0.6 is 11.8 Å². The van der Waals surface area contributed by atoms with Crippen LogP contribution in [0.15, 0.2) is 28.3 Å². The van der Waals surface area contributed by atoms with Crippen LogP contribution in [0.2, 0.25) is 0 Å². The molecule has 1 fully saturated rings.